The molecule has 1 amide bonds. The number of hydrogen-bond donors (Lipinski definition) is 0. The van der Waals surface area contributed by atoms with E-state index in [9.17, 15) is 9.59 Å². The number of fused-ring (bicyclic) bond motifs is 3. The molecule has 0 atom stereocenters. The van der Waals surface area contributed by atoms with E-state index in [-0.39, 0.29) is 12.0 Å². The summed E-state index contributed by atoms with van der Waals surface area (Å²) < 4.78 is 8.20. The van der Waals surface area contributed by atoms with E-state index in [2.05, 4.69) is 15.9 Å². The van der Waals surface area contributed by atoms with E-state index < -0.39 is 5.60 Å². The van der Waals surface area contributed by atoms with Crippen molar-refractivity contribution in [3.8, 4) is 0 Å². The molecule has 0 radical (unpaired) electrons. The molecule has 24 heavy (non-hydrogen) atoms. The molecule has 1 aromatic carbocycles. The number of carbonyl (C=O) groups excluding carboxylic acids is 2. The Balaban J connectivity index is 2.17. The SMILES string of the molecule is CC(=O)N1CCc2c(c3cc(Br)ccc3n2C(=O)OC(C)(C)C)C1. The average Bonchev–Trinajstić information content (AvgIpc) is 2.78. The van der Waals surface area contributed by atoms with Gasteiger partial charge in [-0.05, 0) is 39.0 Å². The predicted octanol–water partition coefficient (Wildman–Crippen LogP) is 4.09. The molecule has 128 valence electrons. The van der Waals surface area contributed by atoms with E-state index >= 15 is 0 Å². The van der Waals surface area contributed by atoms with Crippen LogP contribution in [0.5, 0.6) is 0 Å². The second-order valence-electron chi connectivity index (χ2n) is 7.09. The van der Waals surface area contributed by atoms with Crippen LogP contribution in [0, 0.1) is 0 Å². The molecule has 5 nitrogen and oxygen atoms in total. The van der Waals surface area contributed by atoms with Gasteiger partial charge in [-0.25, -0.2) is 9.36 Å². The number of ether oxygens (including phenoxy) is 1. The quantitative estimate of drug-likeness (QED) is 0.678. The van der Waals surface area contributed by atoms with Crippen LogP contribution in [0.4, 0.5) is 4.79 Å². The zero-order chi connectivity index (χ0) is 17.6. The lowest BCUT2D eigenvalue weighted by molar-refractivity contribution is -0.129. The average molecular weight is 393 g/mol. The maximum Gasteiger partial charge on any atom is 0.419 e. The molecule has 2 heterocycles. The van der Waals surface area contributed by atoms with Gasteiger partial charge in [0, 0.05) is 47.6 Å². The summed E-state index contributed by atoms with van der Waals surface area (Å²) >= 11 is 3.49. The molecule has 6 heteroatoms. The van der Waals surface area contributed by atoms with E-state index in [0.717, 1.165) is 26.6 Å². The molecule has 0 fully saturated rings. The van der Waals surface area contributed by atoms with Crippen LogP contribution in [0.15, 0.2) is 22.7 Å². The van der Waals surface area contributed by atoms with Crippen molar-refractivity contribution < 1.29 is 14.3 Å². The van der Waals surface area contributed by atoms with Gasteiger partial charge in [-0.2, -0.15) is 0 Å². The molecular weight excluding hydrogens is 372 g/mol. The number of benzene rings is 1. The number of carbonyl (C=O) groups is 2. The topological polar surface area (TPSA) is 51.5 Å². The van der Waals surface area contributed by atoms with Crippen molar-refractivity contribution in [3.63, 3.8) is 0 Å². The highest BCUT2D eigenvalue weighted by Gasteiger charge is 2.29. The molecule has 0 bridgehead atoms. The Hall–Kier alpha value is -1.82. The maximum atomic E-state index is 12.8. The number of hydrogen-bond acceptors (Lipinski definition) is 3. The normalized spacial score (nSPS) is 14.6. The fourth-order valence-electron chi connectivity index (χ4n) is 3.12. The highest BCUT2D eigenvalue weighted by Crippen LogP contribution is 2.33. The predicted molar refractivity (Wildman–Crippen MR) is 96.1 cm³/mol. The zero-order valence-corrected chi connectivity index (χ0v) is 15.9. The van der Waals surface area contributed by atoms with Crippen molar-refractivity contribution in [2.75, 3.05) is 6.54 Å². The molecule has 0 saturated heterocycles. The molecule has 2 aromatic rings. The molecule has 0 unspecified atom stereocenters. The van der Waals surface area contributed by atoms with Crippen LogP contribution < -0.4 is 0 Å². The molecule has 0 spiro atoms. The van der Waals surface area contributed by atoms with Crippen LogP contribution in [0.2, 0.25) is 0 Å². The van der Waals surface area contributed by atoms with E-state index in [1.165, 1.54) is 0 Å². The molecule has 3 rings (SSSR count). The minimum atomic E-state index is -0.560. The second-order valence-corrected chi connectivity index (χ2v) is 8.01. The lowest BCUT2D eigenvalue weighted by Gasteiger charge is -2.27. The van der Waals surface area contributed by atoms with Crippen molar-refractivity contribution in [1.82, 2.24) is 9.47 Å². The summed E-state index contributed by atoms with van der Waals surface area (Å²) in [7, 11) is 0. The van der Waals surface area contributed by atoms with Gasteiger partial charge in [-0.1, -0.05) is 15.9 Å². The highest BCUT2D eigenvalue weighted by atomic mass is 79.9. The third kappa shape index (κ3) is 3.07. The standard InChI is InChI=1S/C18H21BrN2O3/c1-11(22)20-8-7-16-14(10-20)13-9-12(19)5-6-15(13)21(16)17(23)24-18(2,3)4/h5-6,9H,7-8,10H2,1-4H3. The van der Waals surface area contributed by atoms with Gasteiger partial charge >= 0.3 is 6.09 Å². The van der Waals surface area contributed by atoms with Crippen molar-refractivity contribution in [3.05, 3.63) is 33.9 Å². The second kappa shape index (κ2) is 5.92. The van der Waals surface area contributed by atoms with E-state index in [1.807, 2.05) is 43.9 Å². The fraction of sp³-hybridized carbons (Fsp3) is 0.444. The zero-order valence-electron chi connectivity index (χ0n) is 14.4. The summed E-state index contributed by atoms with van der Waals surface area (Å²) in [5.74, 6) is 0.0498. The monoisotopic (exact) mass is 392 g/mol. The van der Waals surface area contributed by atoms with Crippen LogP contribution in [0.1, 0.15) is 39.0 Å². The summed E-state index contributed by atoms with van der Waals surface area (Å²) in [5.41, 5.74) is 2.23. The van der Waals surface area contributed by atoms with Gasteiger partial charge < -0.3 is 9.64 Å². The van der Waals surface area contributed by atoms with Gasteiger partial charge in [-0.3, -0.25) is 4.79 Å². The van der Waals surface area contributed by atoms with Gasteiger partial charge in [0.25, 0.3) is 0 Å². The summed E-state index contributed by atoms with van der Waals surface area (Å²) in [6.45, 7) is 8.29. The first-order valence-corrected chi connectivity index (χ1v) is 8.77. The maximum absolute atomic E-state index is 12.8. The molecular formula is C18H21BrN2O3. The first-order valence-electron chi connectivity index (χ1n) is 7.98. The summed E-state index contributed by atoms with van der Waals surface area (Å²) in [4.78, 5) is 26.3. The Morgan fingerprint density at radius 2 is 1.96 bits per heavy atom. The minimum Gasteiger partial charge on any atom is -0.443 e. The Morgan fingerprint density at radius 1 is 1.25 bits per heavy atom. The lowest BCUT2D eigenvalue weighted by Crippen LogP contribution is -2.35. The van der Waals surface area contributed by atoms with E-state index in [0.29, 0.717) is 19.5 Å². The van der Waals surface area contributed by atoms with Gasteiger partial charge in [0.1, 0.15) is 5.60 Å². The number of aromatic nitrogens is 1. The third-order valence-corrected chi connectivity index (χ3v) is 4.63. The van der Waals surface area contributed by atoms with E-state index in [4.69, 9.17) is 4.74 Å². The molecule has 0 aliphatic carbocycles. The van der Waals surface area contributed by atoms with Gasteiger partial charge in [0.2, 0.25) is 5.91 Å². The summed E-state index contributed by atoms with van der Waals surface area (Å²) in [5, 5.41) is 0.983. The summed E-state index contributed by atoms with van der Waals surface area (Å²) in [6.07, 6.45) is 0.271. The number of rotatable bonds is 0. The Bertz CT molecular complexity index is 833. The van der Waals surface area contributed by atoms with Crippen LogP contribution in [-0.2, 0) is 22.5 Å². The first kappa shape index (κ1) is 17.0. The van der Waals surface area contributed by atoms with Crippen LogP contribution in [0.3, 0.4) is 0 Å². The molecule has 0 saturated carbocycles. The number of amides is 1. The number of halogens is 1. The largest absolute Gasteiger partial charge is 0.443 e. The minimum absolute atomic E-state index is 0.0498. The van der Waals surface area contributed by atoms with Crippen molar-refractivity contribution in [2.24, 2.45) is 0 Å². The van der Waals surface area contributed by atoms with Crippen LogP contribution in [0.25, 0.3) is 10.9 Å². The third-order valence-electron chi connectivity index (χ3n) is 4.13. The van der Waals surface area contributed by atoms with Gasteiger partial charge in [0.15, 0.2) is 0 Å². The Kier molecular flexibility index (Phi) is 4.20. The van der Waals surface area contributed by atoms with E-state index in [1.54, 1.807) is 11.5 Å². The highest BCUT2D eigenvalue weighted by molar-refractivity contribution is 9.10. The Morgan fingerprint density at radius 3 is 2.58 bits per heavy atom. The molecule has 1 aliphatic heterocycles. The fourth-order valence-corrected chi connectivity index (χ4v) is 3.48. The summed E-state index contributed by atoms with van der Waals surface area (Å²) in [6, 6.07) is 5.83. The van der Waals surface area contributed by atoms with Crippen molar-refractivity contribution in [1.29, 1.82) is 0 Å². The first-order chi connectivity index (χ1) is 11.2. The van der Waals surface area contributed by atoms with Crippen molar-refractivity contribution in [2.45, 2.75) is 46.3 Å². The Labute approximate surface area is 149 Å². The lowest BCUT2D eigenvalue weighted by atomic mass is 10.0. The van der Waals surface area contributed by atoms with Crippen molar-refractivity contribution >= 4 is 38.8 Å². The van der Waals surface area contributed by atoms with Crippen LogP contribution in [-0.4, -0.2) is 33.6 Å². The van der Waals surface area contributed by atoms with Crippen LogP contribution >= 0.6 is 15.9 Å². The number of nitrogens with zero attached hydrogens (tertiary/aromatic N) is 2. The van der Waals surface area contributed by atoms with Gasteiger partial charge in [0.05, 0.1) is 5.52 Å². The molecule has 1 aliphatic rings. The van der Waals surface area contributed by atoms with Gasteiger partial charge in [-0.15, -0.1) is 0 Å². The molecule has 0 N–H and O–H groups in total. The smallest absolute Gasteiger partial charge is 0.419 e. The molecule has 1 aromatic heterocycles.